The van der Waals surface area contributed by atoms with Crippen molar-refractivity contribution in [2.75, 3.05) is 0 Å². The van der Waals surface area contributed by atoms with Crippen molar-refractivity contribution < 1.29 is 14.3 Å². The minimum absolute atomic E-state index is 0.0231. The van der Waals surface area contributed by atoms with E-state index in [0.29, 0.717) is 22.4 Å². The minimum atomic E-state index is -0.875. The number of nitrogens with zero attached hydrogens (tertiary/aromatic N) is 2. The molecule has 2 heterocycles. The molecule has 0 aliphatic rings. The molecular weight excluding hydrogens is 364 g/mol. The Morgan fingerprint density at radius 3 is 2.67 bits per heavy atom. The number of fused-ring (bicyclic) bond motifs is 1. The van der Waals surface area contributed by atoms with Crippen molar-refractivity contribution in [1.29, 1.82) is 0 Å². The second-order valence-corrected chi connectivity index (χ2v) is 6.80. The van der Waals surface area contributed by atoms with Crippen molar-refractivity contribution in [3.63, 3.8) is 0 Å². The van der Waals surface area contributed by atoms with E-state index in [0.717, 1.165) is 22.0 Å². The summed E-state index contributed by atoms with van der Waals surface area (Å²) in [5, 5.41) is 10.7. The van der Waals surface area contributed by atoms with Crippen LogP contribution in [0.3, 0.4) is 0 Å². The molecule has 4 rings (SSSR count). The number of halogens is 1. The molecule has 0 amide bonds. The summed E-state index contributed by atoms with van der Waals surface area (Å²) >= 11 is 5.99. The fourth-order valence-corrected chi connectivity index (χ4v) is 3.33. The quantitative estimate of drug-likeness (QED) is 0.518. The van der Waals surface area contributed by atoms with Crippen molar-refractivity contribution in [3.05, 3.63) is 65.5 Å². The number of aromatic nitrogens is 2. The van der Waals surface area contributed by atoms with Gasteiger partial charge in [0.25, 0.3) is 0 Å². The maximum Gasteiger partial charge on any atom is 0.303 e. The summed E-state index contributed by atoms with van der Waals surface area (Å²) < 4.78 is 8.06. The van der Waals surface area contributed by atoms with Crippen molar-refractivity contribution in [3.8, 4) is 22.7 Å². The number of carboxylic acids is 1. The van der Waals surface area contributed by atoms with Crippen LogP contribution in [0.5, 0.6) is 0 Å². The van der Waals surface area contributed by atoms with Crippen LogP contribution in [-0.2, 0) is 18.3 Å². The minimum Gasteiger partial charge on any atom is -0.481 e. The lowest BCUT2D eigenvalue weighted by Crippen LogP contribution is -1.97. The summed E-state index contributed by atoms with van der Waals surface area (Å²) in [6.45, 7) is 0. The molecule has 1 N–H and O–H groups in total. The third-order valence-electron chi connectivity index (χ3n) is 4.51. The molecule has 0 saturated carbocycles. The first-order chi connectivity index (χ1) is 13.0. The van der Waals surface area contributed by atoms with Gasteiger partial charge in [-0.15, -0.1) is 0 Å². The van der Waals surface area contributed by atoms with Crippen molar-refractivity contribution in [2.24, 2.45) is 7.05 Å². The van der Waals surface area contributed by atoms with Gasteiger partial charge in [0, 0.05) is 41.2 Å². The Morgan fingerprint density at radius 1 is 1.19 bits per heavy atom. The molecule has 2 aromatic carbocycles. The van der Waals surface area contributed by atoms with E-state index in [4.69, 9.17) is 26.1 Å². The Hall–Kier alpha value is -3.05. The maximum atomic E-state index is 11.0. The molecule has 0 unspecified atom stereocenters. The van der Waals surface area contributed by atoms with Crippen LogP contribution in [0.25, 0.3) is 33.6 Å². The number of rotatable bonds is 5. The van der Waals surface area contributed by atoms with Gasteiger partial charge in [-0.25, -0.2) is 4.98 Å². The van der Waals surface area contributed by atoms with Gasteiger partial charge in [0.15, 0.2) is 0 Å². The Kier molecular flexibility index (Phi) is 4.46. The lowest BCUT2D eigenvalue weighted by atomic mass is 10.1. The molecule has 0 fully saturated rings. The van der Waals surface area contributed by atoms with Crippen molar-refractivity contribution >= 4 is 28.5 Å². The van der Waals surface area contributed by atoms with Crippen LogP contribution in [-0.4, -0.2) is 20.6 Å². The van der Waals surface area contributed by atoms with Gasteiger partial charge < -0.3 is 14.1 Å². The zero-order valence-corrected chi connectivity index (χ0v) is 15.4. The summed E-state index contributed by atoms with van der Waals surface area (Å²) in [6, 6.07) is 15.3. The highest BCUT2D eigenvalue weighted by molar-refractivity contribution is 6.30. The predicted octanol–water partition coefficient (Wildman–Crippen LogP) is 5.17. The van der Waals surface area contributed by atoms with E-state index in [1.807, 2.05) is 54.2 Å². The average molecular weight is 381 g/mol. The highest BCUT2D eigenvalue weighted by Gasteiger charge is 2.20. The summed E-state index contributed by atoms with van der Waals surface area (Å²) in [5.74, 6) is 0.167. The predicted molar refractivity (Wildman–Crippen MR) is 105 cm³/mol. The highest BCUT2D eigenvalue weighted by Crippen LogP contribution is 2.34. The van der Waals surface area contributed by atoms with Crippen LogP contribution in [0, 0.1) is 0 Å². The number of benzene rings is 2. The molecule has 27 heavy (non-hydrogen) atoms. The monoisotopic (exact) mass is 380 g/mol. The number of aliphatic carboxylic acids is 1. The number of hydrogen-bond acceptors (Lipinski definition) is 3. The van der Waals surface area contributed by atoms with Gasteiger partial charge in [-0.05, 0) is 18.2 Å². The number of aryl methyl sites for hydroxylation is 2. The fourth-order valence-electron chi connectivity index (χ4n) is 3.20. The number of carbonyl (C=O) groups is 1. The first-order valence-corrected chi connectivity index (χ1v) is 8.92. The van der Waals surface area contributed by atoms with Gasteiger partial charge in [0.05, 0.1) is 12.0 Å². The molecule has 136 valence electrons. The molecule has 0 radical (unpaired) electrons. The van der Waals surface area contributed by atoms with E-state index in [-0.39, 0.29) is 12.8 Å². The average Bonchev–Trinajstić information content (AvgIpc) is 3.22. The summed E-state index contributed by atoms with van der Waals surface area (Å²) in [7, 11) is 1.97. The summed E-state index contributed by atoms with van der Waals surface area (Å²) in [5.41, 5.74) is 3.45. The van der Waals surface area contributed by atoms with Crippen LogP contribution in [0.15, 0.2) is 59.1 Å². The van der Waals surface area contributed by atoms with E-state index in [9.17, 15) is 4.79 Å². The van der Waals surface area contributed by atoms with Crippen LogP contribution < -0.4 is 0 Å². The standard InChI is InChI=1S/C21H17ClN2O3/c1-24-12-16(15-4-2-3-5-17(15)24)21-23-20(13-6-8-14(22)9-7-13)18(27-21)10-11-19(25)26/h2-9,12H,10-11H2,1H3,(H,25,26). The number of oxazole rings is 1. The Morgan fingerprint density at radius 2 is 1.93 bits per heavy atom. The highest BCUT2D eigenvalue weighted by atomic mass is 35.5. The summed E-state index contributed by atoms with van der Waals surface area (Å²) in [4.78, 5) is 15.7. The van der Waals surface area contributed by atoms with Crippen LogP contribution >= 0.6 is 11.6 Å². The fraction of sp³-hybridized carbons (Fsp3) is 0.143. The molecule has 2 aromatic heterocycles. The van der Waals surface area contributed by atoms with Crippen molar-refractivity contribution in [1.82, 2.24) is 9.55 Å². The smallest absolute Gasteiger partial charge is 0.303 e. The lowest BCUT2D eigenvalue weighted by Gasteiger charge is -2.00. The Labute approximate surface area is 160 Å². The van der Waals surface area contributed by atoms with E-state index in [1.54, 1.807) is 12.1 Å². The first-order valence-electron chi connectivity index (χ1n) is 8.55. The second-order valence-electron chi connectivity index (χ2n) is 6.36. The summed E-state index contributed by atoms with van der Waals surface area (Å²) in [6.07, 6.45) is 2.22. The van der Waals surface area contributed by atoms with Gasteiger partial charge in [-0.1, -0.05) is 41.9 Å². The Balaban J connectivity index is 1.85. The van der Waals surface area contributed by atoms with E-state index in [1.165, 1.54) is 0 Å². The van der Waals surface area contributed by atoms with E-state index < -0.39 is 5.97 Å². The van der Waals surface area contributed by atoms with Gasteiger partial charge in [-0.3, -0.25) is 4.79 Å². The first kappa shape index (κ1) is 17.4. The van der Waals surface area contributed by atoms with E-state index in [2.05, 4.69) is 0 Å². The number of hydrogen-bond donors (Lipinski definition) is 1. The number of carboxylic acid groups (broad SMARTS) is 1. The van der Waals surface area contributed by atoms with Crippen LogP contribution in [0.4, 0.5) is 0 Å². The molecule has 0 saturated heterocycles. The molecule has 6 heteroatoms. The molecule has 0 atom stereocenters. The van der Waals surface area contributed by atoms with Gasteiger partial charge in [-0.2, -0.15) is 0 Å². The van der Waals surface area contributed by atoms with E-state index >= 15 is 0 Å². The maximum absolute atomic E-state index is 11.0. The van der Waals surface area contributed by atoms with Gasteiger partial charge in [0.1, 0.15) is 11.5 Å². The zero-order valence-electron chi connectivity index (χ0n) is 14.6. The topological polar surface area (TPSA) is 68.3 Å². The third kappa shape index (κ3) is 3.34. The number of para-hydroxylation sites is 1. The molecule has 0 spiro atoms. The molecule has 0 aliphatic carbocycles. The lowest BCUT2D eigenvalue weighted by molar-refractivity contribution is -0.137. The zero-order chi connectivity index (χ0) is 19.0. The second kappa shape index (κ2) is 6.93. The molecular formula is C21H17ClN2O3. The van der Waals surface area contributed by atoms with Crippen LogP contribution in [0.2, 0.25) is 5.02 Å². The largest absolute Gasteiger partial charge is 0.481 e. The molecule has 5 nitrogen and oxygen atoms in total. The van der Waals surface area contributed by atoms with Gasteiger partial charge in [0.2, 0.25) is 5.89 Å². The third-order valence-corrected chi connectivity index (χ3v) is 4.76. The van der Waals surface area contributed by atoms with Crippen LogP contribution in [0.1, 0.15) is 12.2 Å². The molecule has 4 aromatic rings. The Bertz CT molecular complexity index is 1130. The van der Waals surface area contributed by atoms with Crippen molar-refractivity contribution in [2.45, 2.75) is 12.8 Å². The SMILES string of the molecule is Cn1cc(-c2nc(-c3ccc(Cl)cc3)c(CCC(=O)O)o2)c2ccccc21. The molecule has 0 aliphatic heterocycles. The molecule has 0 bridgehead atoms. The van der Waals surface area contributed by atoms with Gasteiger partial charge >= 0.3 is 5.97 Å². The normalized spacial score (nSPS) is 11.2.